The molecule has 1 N–H and O–H groups in total. The van der Waals surface area contributed by atoms with E-state index in [-0.39, 0.29) is 12.4 Å². The quantitative estimate of drug-likeness (QED) is 0.785. The molecule has 0 bridgehead atoms. The van der Waals surface area contributed by atoms with Gasteiger partial charge in [0.15, 0.2) is 0 Å². The Morgan fingerprint density at radius 3 is 2.73 bits per heavy atom. The maximum absolute atomic E-state index is 12.5. The maximum atomic E-state index is 12.5. The van der Waals surface area contributed by atoms with Gasteiger partial charge in [0.05, 0.1) is 5.56 Å². The zero-order valence-electron chi connectivity index (χ0n) is 8.23. The lowest BCUT2D eigenvalue weighted by Gasteiger charge is -2.12. The molecular formula is C10H11F3N2. The van der Waals surface area contributed by atoms with Crippen LogP contribution in [-0.2, 0) is 6.18 Å². The molecule has 1 aromatic heterocycles. The molecule has 1 heterocycles. The Bertz CT molecular complexity index is 358. The van der Waals surface area contributed by atoms with Gasteiger partial charge in [-0.3, -0.25) is 0 Å². The van der Waals surface area contributed by atoms with Gasteiger partial charge in [-0.2, -0.15) is 13.2 Å². The molecule has 0 saturated carbocycles. The van der Waals surface area contributed by atoms with Crippen molar-refractivity contribution in [1.29, 1.82) is 0 Å². The molecule has 0 amide bonds. The molecule has 0 saturated heterocycles. The highest BCUT2D eigenvalue weighted by atomic mass is 19.4. The van der Waals surface area contributed by atoms with Gasteiger partial charge in [0.2, 0.25) is 0 Å². The number of halogens is 3. The first-order valence-electron chi connectivity index (χ1n) is 4.31. The third kappa shape index (κ3) is 3.27. The number of hydrogen-bond acceptors (Lipinski definition) is 2. The Morgan fingerprint density at radius 1 is 1.53 bits per heavy atom. The van der Waals surface area contributed by atoms with Crippen LogP contribution in [0.5, 0.6) is 0 Å². The molecule has 82 valence electrons. The van der Waals surface area contributed by atoms with Crippen molar-refractivity contribution in [3.05, 3.63) is 36.0 Å². The molecule has 1 aromatic rings. The molecule has 0 unspecified atom stereocenters. The van der Waals surface area contributed by atoms with Gasteiger partial charge < -0.3 is 5.32 Å². The number of nitrogens with zero attached hydrogens (tertiary/aromatic N) is 1. The molecule has 0 aromatic carbocycles. The summed E-state index contributed by atoms with van der Waals surface area (Å²) in [6.45, 7) is 5.59. The molecule has 0 atom stereocenters. The van der Waals surface area contributed by atoms with Gasteiger partial charge in [-0.05, 0) is 19.1 Å². The molecule has 2 nitrogen and oxygen atoms in total. The third-order valence-electron chi connectivity index (χ3n) is 1.67. The summed E-state index contributed by atoms with van der Waals surface area (Å²) in [5, 5.41) is 2.59. The van der Waals surface area contributed by atoms with Crippen molar-refractivity contribution in [2.24, 2.45) is 0 Å². The van der Waals surface area contributed by atoms with Crippen LogP contribution in [0.1, 0.15) is 12.5 Å². The number of rotatable bonds is 3. The van der Waals surface area contributed by atoms with Crippen molar-refractivity contribution < 1.29 is 13.2 Å². The lowest BCUT2D eigenvalue weighted by Crippen LogP contribution is -2.13. The number of hydrogen-bond donors (Lipinski definition) is 1. The van der Waals surface area contributed by atoms with Gasteiger partial charge in [0, 0.05) is 12.7 Å². The van der Waals surface area contributed by atoms with Crippen molar-refractivity contribution in [1.82, 2.24) is 4.98 Å². The molecule has 5 heteroatoms. The zero-order valence-corrected chi connectivity index (χ0v) is 8.23. The van der Waals surface area contributed by atoms with Crippen LogP contribution in [0.3, 0.4) is 0 Å². The van der Waals surface area contributed by atoms with Crippen molar-refractivity contribution >= 4 is 5.82 Å². The van der Waals surface area contributed by atoms with Crippen LogP contribution in [0.15, 0.2) is 30.5 Å². The number of pyridine rings is 1. The van der Waals surface area contributed by atoms with Gasteiger partial charge in [-0.25, -0.2) is 4.98 Å². The smallest absolute Gasteiger partial charge is 0.366 e. The topological polar surface area (TPSA) is 24.9 Å². The van der Waals surface area contributed by atoms with E-state index in [4.69, 9.17) is 0 Å². The fraction of sp³-hybridized carbons (Fsp3) is 0.300. The minimum Gasteiger partial charge on any atom is -0.366 e. The highest BCUT2D eigenvalue weighted by molar-refractivity contribution is 5.46. The zero-order chi connectivity index (χ0) is 11.5. The van der Waals surface area contributed by atoms with Crippen molar-refractivity contribution in [2.75, 3.05) is 11.9 Å². The predicted octanol–water partition coefficient (Wildman–Crippen LogP) is 3.09. The van der Waals surface area contributed by atoms with Gasteiger partial charge in [-0.15, -0.1) is 0 Å². The first-order chi connectivity index (χ1) is 6.91. The summed E-state index contributed by atoms with van der Waals surface area (Å²) in [5.41, 5.74) is -0.0139. The van der Waals surface area contributed by atoms with Crippen LogP contribution in [0, 0.1) is 0 Å². The average molecular weight is 216 g/mol. The van der Waals surface area contributed by atoms with Crippen molar-refractivity contribution in [3.63, 3.8) is 0 Å². The van der Waals surface area contributed by atoms with Crippen LogP contribution in [0.25, 0.3) is 0 Å². The van der Waals surface area contributed by atoms with Gasteiger partial charge in [-0.1, -0.05) is 12.2 Å². The standard InChI is InChI=1S/C10H11F3N2/c1-7(2)6-15-9-8(10(11,12)13)4-3-5-14-9/h3-5H,1,6H2,2H3,(H,14,15). The van der Waals surface area contributed by atoms with E-state index in [0.29, 0.717) is 0 Å². The highest BCUT2D eigenvalue weighted by Gasteiger charge is 2.33. The molecule has 0 aliphatic rings. The maximum Gasteiger partial charge on any atom is 0.419 e. The summed E-state index contributed by atoms with van der Waals surface area (Å²) in [5.74, 6) is -0.159. The van der Waals surface area contributed by atoms with Crippen LogP contribution >= 0.6 is 0 Å². The monoisotopic (exact) mass is 216 g/mol. The molecule has 0 spiro atoms. The molecule has 0 radical (unpaired) electrons. The van der Waals surface area contributed by atoms with Crippen LogP contribution < -0.4 is 5.32 Å². The Balaban J connectivity index is 2.92. The molecular weight excluding hydrogens is 205 g/mol. The summed E-state index contributed by atoms with van der Waals surface area (Å²) in [6, 6.07) is 2.25. The first kappa shape index (κ1) is 11.6. The van der Waals surface area contributed by atoms with E-state index in [2.05, 4.69) is 16.9 Å². The summed E-state index contributed by atoms with van der Waals surface area (Å²) in [7, 11) is 0. The van der Waals surface area contributed by atoms with Crippen molar-refractivity contribution in [2.45, 2.75) is 13.1 Å². The van der Waals surface area contributed by atoms with Gasteiger partial charge >= 0.3 is 6.18 Å². The van der Waals surface area contributed by atoms with Crippen molar-refractivity contribution in [3.8, 4) is 0 Å². The normalized spacial score (nSPS) is 11.2. The minimum absolute atomic E-state index is 0.159. The molecule has 0 aliphatic carbocycles. The van der Waals surface area contributed by atoms with Crippen LogP contribution in [-0.4, -0.2) is 11.5 Å². The number of anilines is 1. The Labute approximate surface area is 85.8 Å². The Morgan fingerprint density at radius 2 is 2.20 bits per heavy atom. The minimum atomic E-state index is -4.38. The number of alkyl halides is 3. The van der Waals surface area contributed by atoms with Crippen LogP contribution in [0.4, 0.5) is 19.0 Å². The highest BCUT2D eigenvalue weighted by Crippen LogP contribution is 2.33. The largest absolute Gasteiger partial charge is 0.419 e. The van der Waals surface area contributed by atoms with E-state index in [1.165, 1.54) is 12.3 Å². The summed E-state index contributed by atoms with van der Waals surface area (Å²) < 4.78 is 37.4. The second-order valence-corrected chi connectivity index (χ2v) is 3.21. The predicted molar refractivity (Wildman–Crippen MR) is 52.5 cm³/mol. The molecule has 0 aliphatic heterocycles. The van der Waals surface area contributed by atoms with Gasteiger partial charge in [0.25, 0.3) is 0 Å². The molecule has 0 fully saturated rings. The summed E-state index contributed by atoms with van der Waals surface area (Å²) in [4.78, 5) is 3.64. The Kier molecular flexibility index (Phi) is 3.34. The second kappa shape index (κ2) is 4.33. The van der Waals surface area contributed by atoms with E-state index in [0.717, 1.165) is 11.6 Å². The van der Waals surface area contributed by atoms with E-state index in [1.807, 2.05) is 0 Å². The van der Waals surface area contributed by atoms with Gasteiger partial charge in [0.1, 0.15) is 5.82 Å². The van der Waals surface area contributed by atoms with E-state index < -0.39 is 11.7 Å². The first-order valence-corrected chi connectivity index (χ1v) is 4.31. The number of aromatic nitrogens is 1. The lowest BCUT2D eigenvalue weighted by atomic mass is 10.2. The third-order valence-corrected chi connectivity index (χ3v) is 1.67. The van der Waals surface area contributed by atoms with E-state index >= 15 is 0 Å². The molecule has 1 rings (SSSR count). The second-order valence-electron chi connectivity index (χ2n) is 3.21. The van der Waals surface area contributed by atoms with E-state index in [1.54, 1.807) is 6.92 Å². The Hall–Kier alpha value is -1.52. The van der Waals surface area contributed by atoms with E-state index in [9.17, 15) is 13.2 Å². The fourth-order valence-corrected chi connectivity index (χ4v) is 1.01. The summed E-state index contributed by atoms with van der Waals surface area (Å²) in [6.07, 6.45) is -3.07. The SMILES string of the molecule is C=C(C)CNc1ncccc1C(F)(F)F. The number of nitrogens with one attached hydrogen (secondary N) is 1. The summed E-state index contributed by atoms with van der Waals surface area (Å²) >= 11 is 0. The average Bonchev–Trinajstić information content (AvgIpc) is 2.13. The van der Waals surface area contributed by atoms with Crippen LogP contribution in [0.2, 0.25) is 0 Å². The lowest BCUT2D eigenvalue weighted by molar-refractivity contribution is -0.137. The fourth-order valence-electron chi connectivity index (χ4n) is 1.01. The molecule has 15 heavy (non-hydrogen) atoms.